The van der Waals surface area contributed by atoms with Crippen LogP contribution in [0, 0.1) is 0 Å². The summed E-state index contributed by atoms with van der Waals surface area (Å²) in [4.78, 5) is 12.0. The van der Waals surface area contributed by atoms with Gasteiger partial charge in [0, 0.05) is 25.7 Å². The van der Waals surface area contributed by atoms with Gasteiger partial charge in [-0.2, -0.15) is 0 Å². The predicted molar refractivity (Wildman–Crippen MR) is 74.3 cm³/mol. The maximum atomic E-state index is 12.0. The Morgan fingerprint density at radius 3 is 1.44 bits per heavy atom. The van der Waals surface area contributed by atoms with E-state index in [1.54, 1.807) is 0 Å². The topological polar surface area (TPSA) is 17.1 Å². The van der Waals surface area contributed by atoms with E-state index >= 15 is 0 Å². The normalized spacial score (nSPS) is 25.4. The molecule has 3 nitrogen and oxygen atoms in total. The molecule has 2 aliphatic heterocycles. The first-order chi connectivity index (χ1) is 8.52. The van der Waals surface area contributed by atoms with E-state index in [-0.39, 0.29) is 0 Å². The van der Waals surface area contributed by atoms with Gasteiger partial charge in [0.15, 0.2) is 0 Å². The Balaban J connectivity index is 1.66. The molecule has 3 heteroatoms. The van der Waals surface area contributed by atoms with Crippen molar-refractivity contribution in [3.05, 3.63) is 0 Å². The Bertz CT molecular complexity index is 261. The van der Waals surface area contributed by atoms with Crippen LogP contribution in [-0.2, 0) is 4.79 Å². The average molecular weight is 254 g/mol. The lowest BCUT2D eigenvalue weighted by Gasteiger charge is -2.30. The minimum absolute atomic E-state index is 0.493. The fraction of sp³-hybridized carbons (Fsp3) is 0.933. The van der Waals surface area contributed by atoms with Gasteiger partial charge in [0.1, 0.15) is 5.78 Å². The van der Waals surface area contributed by atoms with Crippen LogP contribution in [0.2, 0.25) is 0 Å². The maximum Gasteiger partial charge on any atom is 0.144 e. The number of Topliss-reactive ketones (excluding diaryl/α,β-unsaturated/α-hetero) is 1. The van der Waals surface area contributed by atoms with Crippen molar-refractivity contribution in [2.45, 2.75) is 38.5 Å². The Morgan fingerprint density at radius 2 is 1.11 bits per heavy atom. The van der Waals surface area contributed by atoms with E-state index in [9.17, 15) is 4.79 Å². The van der Waals surface area contributed by atoms with Crippen LogP contribution < -0.4 is 0 Å². The molecule has 104 valence electrons. The first-order valence-corrected chi connectivity index (χ1v) is 7.70. The van der Waals surface area contributed by atoms with E-state index in [1.165, 1.54) is 51.9 Å². The number of hydrogen-bond acceptors (Lipinski definition) is 1. The molecular formula is C15H30N2O+2. The van der Waals surface area contributed by atoms with E-state index in [0.717, 1.165) is 34.9 Å². The number of likely N-dealkylation sites (tertiary alicyclic amines) is 2. The molecule has 0 N–H and O–H groups in total. The molecular weight excluding hydrogens is 224 g/mol. The quantitative estimate of drug-likeness (QED) is 0.661. The summed E-state index contributed by atoms with van der Waals surface area (Å²) in [6.45, 7) is 7.26. The van der Waals surface area contributed by atoms with E-state index < -0.39 is 0 Å². The molecule has 0 aromatic heterocycles. The monoisotopic (exact) mass is 254 g/mol. The van der Waals surface area contributed by atoms with Crippen LogP contribution in [0.4, 0.5) is 0 Å². The summed E-state index contributed by atoms with van der Waals surface area (Å²) in [7, 11) is 4.63. The summed E-state index contributed by atoms with van der Waals surface area (Å²) in [6.07, 6.45) is 6.99. The highest BCUT2D eigenvalue weighted by atomic mass is 16.1. The molecule has 2 fully saturated rings. The van der Waals surface area contributed by atoms with Gasteiger partial charge in [0.25, 0.3) is 0 Å². The Labute approximate surface area is 112 Å². The van der Waals surface area contributed by atoms with Crippen molar-refractivity contribution in [2.75, 3.05) is 53.4 Å². The van der Waals surface area contributed by atoms with Crippen LogP contribution in [0.25, 0.3) is 0 Å². The van der Waals surface area contributed by atoms with Crippen LogP contribution in [0.3, 0.4) is 0 Å². The molecule has 0 aliphatic carbocycles. The third-order valence-corrected chi connectivity index (χ3v) is 5.15. The molecule has 0 radical (unpaired) electrons. The number of hydrogen-bond donors (Lipinski definition) is 0. The largest absolute Gasteiger partial charge is 0.326 e. The summed E-state index contributed by atoms with van der Waals surface area (Å²) in [5, 5.41) is 0. The molecule has 2 heterocycles. The Hall–Kier alpha value is -0.410. The first-order valence-electron chi connectivity index (χ1n) is 7.70. The van der Waals surface area contributed by atoms with Crippen molar-refractivity contribution >= 4 is 5.78 Å². The predicted octanol–water partition coefficient (Wildman–Crippen LogP) is 1.82. The van der Waals surface area contributed by atoms with E-state index in [1.807, 2.05) is 0 Å². The average Bonchev–Trinajstić information content (AvgIpc) is 2.95. The van der Waals surface area contributed by atoms with Crippen molar-refractivity contribution < 1.29 is 13.8 Å². The lowest BCUT2D eigenvalue weighted by atomic mass is 10.2. The lowest BCUT2D eigenvalue weighted by molar-refractivity contribution is -0.898. The molecule has 0 spiro atoms. The zero-order chi connectivity index (χ0) is 13.1. The highest BCUT2D eigenvalue weighted by molar-refractivity contribution is 5.78. The van der Waals surface area contributed by atoms with Gasteiger partial charge in [-0.15, -0.1) is 0 Å². The molecule has 0 unspecified atom stereocenters. The van der Waals surface area contributed by atoms with Crippen LogP contribution >= 0.6 is 0 Å². The van der Waals surface area contributed by atoms with Gasteiger partial charge in [0.2, 0.25) is 0 Å². The van der Waals surface area contributed by atoms with Crippen molar-refractivity contribution in [1.29, 1.82) is 0 Å². The SMILES string of the molecule is C[N+]1(CCC(=O)CC[N+]2(C)CCCC2)CCCC1. The number of quaternary nitrogens is 2. The van der Waals surface area contributed by atoms with Crippen LogP contribution in [-0.4, -0.2) is 68.1 Å². The van der Waals surface area contributed by atoms with Gasteiger partial charge in [0.05, 0.1) is 66.2 Å². The van der Waals surface area contributed by atoms with Gasteiger partial charge in [-0.25, -0.2) is 0 Å². The van der Waals surface area contributed by atoms with Gasteiger partial charge < -0.3 is 8.97 Å². The van der Waals surface area contributed by atoms with Gasteiger partial charge in [-0.05, 0) is 0 Å². The molecule has 0 aromatic rings. The number of nitrogens with zero attached hydrogens (tertiary/aromatic N) is 2. The molecule has 0 amide bonds. The lowest BCUT2D eigenvalue weighted by Crippen LogP contribution is -2.44. The smallest absolute Gasteiger partial charge is 0.144 e. The minimum atomic E-state index is 0.493. The van der Waals surface area contributed by atoms with Gasteiger partial charge in [-0.1, -0.05) is 0 Å². The number of carbonyl (C=O) groups excluding carboxylic acids is 1. The standard InChI is InChI=1S/C15H30N2O/c1-16(9-3-4-10-16)13-7-15(18)8-14-17(2)11-5-6-12-17/h3-14H2,1-2H3/q+2. The summed E-state index contributed by atoms with van der Waals surface area (Å²) < 4.78 is 2.27. The summed E-state index contributed by atoms with van der Waals surface area (Å²) in [5.41, 5.74) is 0. The van der Waals surface area contributed by atoms with E-state index in [2.05, 4.69) is 14.1 Å². The second-order valence-corrected chi connectivity index (χ2v) is 7.03. The summed E-state index contributed by atoms with van der Waals surface area (Å²) in [5.74, 6) is 0.493. The Morgan fingerprint density at radius 1 is 0.778 bits per heavy atom. The van der Waals surface area contributed by atoms with Crippen molar-refractivity contribution in [3.63, 3.8) is 0 Å². The summed E-state index contributed by atoms with van der Waals surface area (Å²) in [6, 6.07) is 0. The zero-order valence-corrected chi connectivity index (χ0v) is 12.3. The van der Waals surface area contributed by atoms with Crippen molar-refractivity contribution in [2.24, 2.45) is 0 Å². The van der Waals surface area contributed by atoms with Gasteiger partial charge in [-0.3, -0.25) is 4.79 Å². The minimum Gasteiger partial charge on any atom is -0.326 e. The Kier molecular flexibility index (Phi) is 4.44. The number of carbonyl (C=O) groups is 1. The number of rotatable bonds is 6. The highest BCUT2D eigenvalue weighted by Crippen LogP contribution is 2.19. The number of ketones is 1. The first kappa shape index (κ1) is 14.0. The molecule has 2 rings (SSSR count). The van der Waals surface area contributed by atoms with E-state index in [4.69, 9.17) is 0 Å². The maximum absolute atomic E-state index is 12.0. The fourth-order valence-electron chi connectivity index (χ4n) is 3.56. The highest BCUT2D eigenvalue weighted by Gasteiger charge is 2.29. The van der Waals surface area contributed by atoms with Crippen molar-refractivity contribution in [3.8, 4) is 0 Å². The van der Waals surface area contributed by atoms with Gasteiger partial charge >= 0.3 is 0 Å². The molecule has 18 heavy (non-hydrogen) atoms. The second kappa shape index (κ2) is 5.70. The van der Waals surface area contributed by atoms with E-state index in [0.29, 0.717) is 5.78 Å². The molecule has 0 saturated carbocycles. The molecule has 0 atom stereocenters. The van der Waals surface area contributed by atoms with Crippen LogP contribution in [0.1, 0.15) is 38.5 Å². The third kappa shape index (κ3) is 3.79. The second-order valence-electron chi connectivity index (χ2n) is 7.03. The molecule has 2 aliphatic rings. The molecule has 2 saturated heterocycles. The molecule has 0 bridgehead atoms. The fourth-order valence-corrected chi connectivity index (χ4v) is 3.56. The van der Waals surface area contributed by atoms with Crippen LogP contribution in [0.15, 0.2) is 0 Å². The van der Waals surface area contributed by atoms with Crippen molar-refractivity contribution in [1.82, 2.24) is 0 Å². The summed E-state index contributed by atoms with van der Waals surface area (Å²) >= 11 is 0. The third-order valence-electron chi connectivity index (χ3n) is 5.15. The van der Waals surface area contributed by atoms with Crippen LogP contribution in [0.5, 0.6) is 0 Å². The molecule has 0 aromatic carbocycles. The zero-order valence-electron chi connectivity index (χ0n) is 12.3.